The molecule has 1 N–H and O–H groups in total. The summed E-state index contributed by atoms with van der Waals surface area (Å²) in [5, 5.41) is 2.64. The molecule has 1 aliphatic carbocycles. The topological polar surface area (TPSA) is 71.5 Å². The number of hydrogen-bond donors (Lipinski definition) is 1. The van der Waals surface area contributed by atoms with Crippen LogP contribution in [0.3, 0.4) is 0 Å². The molecule has 2 atom stereocenters. The second-order valence-electron chi connectivity index (χ2n) is 8.78. The molecule has 1 aromatic heterocycles. The maximum atomic E-state index is 14.1. The van der Waals surface area contributed by atoms with Gasteiger partial charge < -0.3 is 15.0 Å². The molecular weight excluding hydrogens is 387 g/mol. The number of carbonyl (C=O) groups is 2. The molecule has 1 unspecified atom stereocenters. The van der Waals surface area contributed by atoms with E-state index in [0.717, 1.165) is 18.9 Å². The molecule has 0 radical (unpaired) electrons. The van der Waals surface area contributed by atoms with Crippen molar-refractivity contribution >= 4 is 11.8 Å². The number of carbonyl (C=O) groups excluding carboxylic acids is 2. The Hall–Kier alpha value is -2.32. The molecule has 0 bridgehead atoms. The zero-order valence-corrected chi connectivity index (χ0v) is 17.6. The number of pyridine rings is 1. The van der Waals surface area contributed by atoms with Gasteiger partial charge in [-0.2, -0.15) is 4.39 Å². The highest BCUT2D eigenvalue weighted by Gasteiger charge is 2.40. The number of rotatable bonds is 7. The third kappa shape index (κ3) is 5.61. The molecule has 1 aliphatic rings. The van der Waals surface area contributed by atoms with Gasteiger partial charge in [0.25, 0.3) is 5.91 Å². The zero-order chi connectivity index (χ0) is 22.1. The third-order valence-corrected chi connectivity index (χ3v) is 4.67. The number of nitrogens with zero attached hydrogens (tertiary/aromatic N) is 2. The Morgan fingerprint density at radius 1 is 1.24 bits per heavy atom. The van der Waals surface area contributed by atoms with Crippen LogP contribution < -0.4 is 10.1 Å². The normalized spacial score (nSPS) is 17.4. The fourth-order valence-electron chi connectivity index (χ4n) is 2.73. The van der Waals surface area contributed by atoms with Crippen molar-refractivity contribution < 1.29 is 27.5 Å². The molecule has 1 aromatic rings. The van der Waals surface area contributed by atoms with E-state index in [9.17, 15) is 22.8 Å². The predicted octanol–water partition coefficient (Wildman–Crippen LogP) is 3.52. The van der Waals surface area contributed by atoms with Crippen LogP contribution in [-0.4, -0.2) is 54.1 Å². The second kappa shape index (κ2) is 8.20. The summed E-state index contributed by atoms with van der Waals surface area (Å²) in [5.74, 6) is -4.27. The van der Waals surface area contributed by atoms with Crippen molar-refractivity contribution in [1.29, 1.82) is 0 Å². The number of ether oxygens (including phenoxy) is 1. The van der Waals surface area contributed by atoms with Gasteiger partial charge in [-0.05, 0) is 24.2 Å². The van der Waals surface area contributed by atoms with E-state index in [1.54, 1.807) is 34.9 Å². The van der Waals surface area contributed by atoms with Crippen LogP contribution in [0.4, 0.5) is 13.2 Å². The molecule has 29 heavy (non-hydrogen) atoms. The van der Waals surface area contributed by atoms with Crippen molar-refractivity contribution in [3.05, 3.63) is 23.5 Å². The summed E-state index contributed by atoms with van der Waals surface area (Å²) in [6.45, 7) is 6.04. The lowest BCUT2D eigenvalue weighted by Crippen LogP contribution is -2.53. The van der Waals surface area contributed by atoms with Crippen molar-refractivity contribution in [2.24, 2.45) is 5.41 Å². The SMILES string of the molecule is CN(C)C(=O)C(NC(=O)c1cc(O[C@@](C)(F)C(F)F)c(C2CC2)cn1)C(C)(C)C. The van der Waals surface area contributed by atoms with E-state index in [2.05, 4.69) is 10.3 Å². The minimum absolute atomic E-state index is 0.0423. The van der Waals surface area contributed by atoms with E-state index in [1.165, 1.54) is 11.1 Å². The standard InChI is InChI=1S/C20H28F3N3O3/c1-19(2,3)15(17(28)26(5)6)25-16(27)13-9-14(29-20(4,23)18(21)22)12(10-24-13)11-7-8-11/h9-11,15,18H,7-8H2,1-6H3,(H,25,27)/t15?,20-/m1/s1. The Morgan fingerprint density at radius 3 is 2.28 bits per heavy atom. The lowest BCUT2D eigenvalue weighted by Gasteiger charge is -2.32. The van der Waals surface area contributed by atoms with Gasteiger partial charge in [0.1, 0.15) is 17.5 Å². The summed E-state index contributed by atoms with van der Waals surface area (Å²) < 4.78 is 44.9. The van der Waals surface area contributed by atoms with Crippen molar-refractivity contribution in [2.45, 2.75) is 64.8 Å². The first-order valence-electron chi connectivity index (χ1n) is 9.42. The van der Waals surface area contributed by atoms with E-state index < -0.39 is 29.6 Å². The molecule has 0 aromatic carbocycles. The number of hydrogen-bond acceptors (Lipinski definition) is 4. The maximum Gasteiger partial charge on any atom is 0.306 e. The Bertz CT molecular complexity index is 772. The van der Waals surface area contributed by atoms with Crippen LogP contribution in [0.15, 0.2) is 12.3 Å². The number of aromatic nitrogens is 1. The monoisotopic (exact) mass is 415 g/mol. The zero-order valence-electron chi connectivity index (χ0n) is 17.6. The Morgan fingerprint density at radius 2 is 1.83 bits per heavy atom. The van der Waals surface area contributed by atoms with Gasteiger partial charge in [0.15, 0.2) is 0 Å². The van der Waals surface area contributed by atoms with Gasteiger partial charge in [0, 0.05) is 38.8 Å². The quantitative estimate of drug-likeness (QED) is 0.740. The minimum Gasteiger partial charge on any atom is -0.452 e. The molecule has 0 saturated heterocycles. The molecule has 1 heterocycles. The third-order valence-electron chi connectivity index (χ3n) is 4.67. The Kier molecular flexibility index (Phi) is 6.49. The molecule has 0 spiro atoms. The Balaban J connectivity index is 2.32. The van der Waals surface area contributed by atoms with Crippen LogP contribution in [-0.2, 0) is 4.79 Å². The fourth-order valence-corrected chi connectivity index (χ4v) is 2.73. The summed E-state index contributed by atoms with van der Waals surface area (Å²) >= 11 is 0. The summed E-state index contributed by atoms with van der Waals surface area (Å²) in [5.41, 5.74) is -0.240. The average Bonchev–Trinajstić information content (AvgIpc) is 3.42. The first-order valence-corrected chi connectivity index (χ1v) is 9.42. The van der Waals surface area contributed by atoms with E-state index >= 15 is 0 Å². The predicted molar refractivity (Wildman–Crippen MR) is 102 cm³/mol. The van der Waals surface area contributed by atoms with Crippen LogP contribution in [0.1, 0.15) is 62.5 Å². The van der Waals surface area contributed by atoms with E-state index in [-0.39, 0.29) is 23.3 Å². The minimum atomic E-state index is -3.36. The molecule has 6 nitrogen and oxygen atoms in total. The van der Waals surface area contributed by atoms with E-state index in [0.29, 0.717) is 12.5 Å². The summed E-state index contributed by atoms with van der Waals surface area (Å²) in [6, 6.07) is 0.315. The van der Waals surface area contributed by atoms with Crippen LogP contribution in [0, 0.1) is 5.41 Å². The molecule has 9 heteroatoms. The number of alkyl halides is 3. The van der Waals surface area contributed by atoms with Gasteiger partial charge in [-0.15, -0.1) is 0 Å². The molecule has 0 aliphatic heterocycles. The van der Waals surface area contributed by atoms with E-state index in [1.807, 2.05) is 0 Å². The molecule has 1 saturated carbocycles. The lowest BCUT2D eigenvalue weighted by atomic mass is 9.85. The average molecular weight is 415 g/mol. The number of nitrogens with one attached hydrogen (secondary N) is 1. The number of halogens is 3. The maximum absolute atomic E-state index is 14.1. The van der Waals surface area contributed by atoms with Crippen LogP contribution in [0.2, 0.25) is 0 Å². The summed E-state index contributed by atoms with van der Waals surface area (Å²) in [6.07, 6.45) is -0.387. The largest absolute Gasteiger partial charge is 0.452 e. The molecule has 1 fully saturated rings. The van der Waals surface area contributed by atoms with Crippen molar-refractivity contribution in [3.63, 3.8) is 0 Å². The second-order valence-corrected chi connectivity index (χ2v) is 8.78. The van der Waals surface area contributed by atoms with Gasteiger partial charge in [0.2, 0.25) is 5.91 Å². The highest BCUT2D eigenvalue weighted by atomic mass is 19.3. The van der Waals surface area contributed by atoms with Gasteiger partial charge in [-0.3, -0.25) is 14.6 Å². The van der Waals surface area contributed by atoms with Crippen LogP contribution >= 0.6 is 0 Å². The first kappa shape index (κ1) is 23.0. The number of amides is 2. The van der Waals surface area contributed by atoms with Crippen molar-refractivity contribution in [2.75, 3.05) is 14.1 Å². The van der Waals surface area contributed by atoms with Gasteiger partial charge >= 0.3 is 12.3 Å². The highest BCUT2D eigenvalue weighted by Crippen LogP contribution is 2.45. The number of likely N-dealkylation sites (N-methyl/N-ethyl adjacent to an activating group) is 1. The molecule has 2 amide bonds. The Labute approximate surface area is 168 Å². The summed E-state index contributed by atoms with van der Waals surface area (Å²) in [7, 11) is 3.16. The lowest BCUT2D eigenvalue weighted by molar-refractivity contribution is -0.153. The molecular formula is C20H28F3N3O3. The van der Waals surface area contributed by atoms with Crippen LogP contribution in [0.25, 0.3) is 0 Å². The fraction of sp³-hybridized carbons (Fsp3) is 0.650. The smallest absolute Gasteiger partial charge is 0.306 e. The van der Waals surface area contributed by atoms with Gasteiger partial charge in [-0.25, -0.2) is 8.78 Å². The van der Waals surface area contributed by atoms with Gasteiger partial charge in [-0.1, -0.05) is 20.8 Å². The van der Waals surface area contributed by atoms with Crippen molar-refractivity contribution in [1.82, 2.24) is 15.2 Å². The summed E-state index contributed by atoms with van der Waals surface area (Å²) in [4.78, 5) is 30.7. The highest BCUT2D eigenvalue weighted by molar-refractivity contribution is 5.96. The van der Waals surface area contributed by atoms with E-state index in [4.69, 9.17) is 4.74 Å². The van der Waals surface area contributed by atoms with Crippen molar-refractivity contribution in [3.8, 4) is 5.75 Å². The first-order chi connectivity index (χ1) is 13.2. The van der Waals surface area contributed by atoms with Crippen LogP contribution in [0.5, 0.6) is 5.75 Å². The molecule has 2 rings (SSSR count). The molecule has 162 valence electrons. The van der Waals surface area contributed by atoms with Gasteiger partial charge in [0.05, 0.1) is 0 Å².